The number of amides is 3. The third-order valence-electron chi connectivity index (χ3n) is 5.27. The second-order valence-electron chi connectivity index (χ2n) is 7.18. The first-order valence-corrected chi connectivity index (χ1v) is 9.76. The van der Waals surface area contributed by atoms with Crippen LogP contribution in [0.1, 0.15) is 32.6 Å². The van der Waals surface area contributed by atoms with E-state index in [-0.39, 0.29) is 37.1 Å². The topological polar surface area (TPSA) is 81.8 Å². The highest BCUT2D eigenvalue weighted by molar-refractivity contribution is 6.10. The Labute approximate surface area is 160 Å². The Bertz CT molecular complexity index is 698. The zero-order valence-corrected chi connectivity index (χ0v) is 15.9. The van der Waals surface area contributed by atoms with Crippen LogP contribution in [0.5, 0.6) is 0 Å². The summed E-state index contributed by atoms with van der Waals surface area (Å²) in [6.07, 6.45) is 2.33. The van der Waals surface area contributed by atoms with E-state index in [2.05, 4.69) is 17.6 Å². The van der Waals surface area contributed by atoms with Gasteiger partial charge in [0.25, 0.3) is 0 Å². The second-order valence-corrected chi connectivity index (χ2v) is 7.18. The molecule has 0 spiro atoms. The third kappa shape index (κ3) is 4.86. The molecule has 0 aromatic heterocycles. The molecule has 7 heteroatoms. The molecule has 2 aliphatic rings. The Balaban J connectivity index is 1.50. The zero-order valence-electron chi connectivity index (χ0n) is 15.9. The van der Waals surface area contributed by atoms with E-state index in [1.54, 1.807) is 6.07 Å². The molecule has 0 atom stereocenters. The monoisotopic (exact) mass is 372 g/mol. The summed E-state index contributed by atoms with van der Waals surface area (Å²) < 4.78 is 0. The molecule has 1 saturated heterocycles. The van der Waals surface area contributed by atoms with Crippen molar-refractivity contribution in [3.05, 3.63) is 24.3 Å². The summed E-state index contributed by atoms with van der Waals surface area (Å²) in [5, 5.41) is 6.13. The number of piperidine rings is 1. The van der Waals surface area contributed by atoms with Gasteiger partial charge in [0.15, 0.2) is 0 Å². The summed E-state index contributed by atoms with van der Waals surface area (Å²) in [6, 6.07) is 7.23. The van der Waals surface area contributed by atoms with Crippen molar-refractivity contribution >= 4 is 29.1 Å². The van der Waals surface area contributed by atoms with Gasteiger partial charge in [-0.3, -0.25) is 14.4 Å². The van der Waals surface area contributed by atoms with Crippen molar-refractivity contribution in [2.75, 3.05) is 42.9 Å². The van der Waals surface area contributed by atoms with Gasteiger partial charge in [-0.25, -0.2) is 0 Å². The maximum absolute atomic E-state index is 12.6. The maximum Gasteiger partial charge on any atom is 0.244 e. The predicted molar refractivity (Wildman–Crippen MR) is 105 cm³/mol. The summed E-state index contributed by atoms with van der Waals surface area (Å²) in [5.41, 5.74) is 1.33. The van der Waals surface area contributed by atoms with Crippen LogP contribution >= 0.6 is 0 Å². The molecule has 1 fully saturated rings. The fraction of sp³-hybridized carbons (Fsp3) is 0.550. The van der Waals surface area contributed by atoms with Crippen LogP contribution in [0.15, 0.2) is 24.3 Å². The van der Waals surface area contributed by atoms with Gasteiger partial charge >= 0.3 is 0 Å². The lowest BCUT2D eigenvalue weighted by Crippen LogP contribution is -2.43. The molecule has 0 saturated carbocycles. The Hall–Kier alpha value is -2.41. The lowest BCUT2D eigenvalue weighted by atomic mass is 9.96. The molecule has 2 heterocycles. The van der Waals surface area contributed by atoms with Gasteiger partial charge in [0.1, 0.15) is 6.54 Å². The van der Waals surface area contributed by atoms with Crippen molar-refractivity contribution in [1.29, 1.82) is 0 Å². The van der Waals surface area contributed by atoms with Crippen LogP contribution in [0.2, 0.25) is 0 Å². The highest BCUT2D eigenvalue weighted by atomic mass is 16.2. The number of anilines is 2. The predicted octanol–water partition coefficient (Wildman–Crippen LogP) is 1.60. The number of para-hydroxylation sites is 2. The average Bonchev–Trinajstić information content (AvgIpc) is 2.69. The van der Waals surface area contributed by atoms with Crippen molar-refractivity contribution < 1.29 is 14.4 Å². The molecule has 0 bridgehead atoms. The van der Waals surface area contributed by atoms with Crippen molar-refractivity contribution in [2.24, 2.45) is 5.92 Å². The number of fused-ring (bicyclic) bond motifs is 1. The third-order valence-corrected chi connectivity index (χ3v) is 5.27. The molecule has 3 amide bonds. The fourth-order valence-corrected chi connectivity index (χ4v) is 3.70. The van der Waals surface area contributed by atoms with Crippen LogP contribution in [-0.4, -0.2) is 55.3 Å². The van der Waals surface area contributed by atoms with Gasteiger partial charge < -0.3 is 20.4 Å². The lowest BCUT2D eigenvalue weighted by Gasteiger charge is -2.32. The lowest BCUT2D eigenvalue weighted by molar-refractivity contribution is -0.134. The minimum absolute atomic E-state index is 0.000139. The summed E-state index contributed by atoms with van der Waals surface area (Å²) >= 11 is 0. The van der Waals surface area contributed by atoms with Crippen molar-refractivity contribution in [2.45, 2.75) is 32.6 Å². The van der Waals surface area contributed by atoms with Gasteiger partial charge in [-0.2, -0.15) is 0 Å². The van der Waals surface area contributed by atoms with E-state index in [9.17, 15) is 14.4 Å². The smallest absolute Gasteiger partial charge is 0.244 e. The molecule has 1 aromatic rings. The number of carbonyl (C=O) groups excluding carboxylic acids is 3. The van der Waals surface area contributed by atoms with Gasteiger partial charge in [-0.1, -0.05) is 19.1 Å². The molecule has 0 unspecified atom stereocenters. The highest BCUT2D eigenvalue weighted by Crippen LogP contribution is 2.29. The molecule has 2 aliphatic heterocycles. The van der Waals surface area contributed by atoms with E-state index in [1.807, 2.05) is 23.1 Å². The number of nitrogens with one attached hydrogen (secondary N) is 2. The SMILES string of the molecule is CCNCC1CCN(C(=O)CCC(=O)N2CC(=O)Nc3ccccc32)CC1. The van der Waals surface area contributed by atoms with Gasteiger partial charge in [0, 0.05) is 25.9 Å². The Morgan fingerprint density at radius 3 is 2.59 bits per heavy atom. The Kier molecular flexibility index (Phi) is 6.45. The van der Waals surface area contributed by atoms with Gasteiger partial charge in [-0.05, 0) is 44.0 Å². The Morgan fingerprint density at radius 2 is 1.85 bits per heavy atom. The fourth-order valence-electron chi connectivity index (χ4n) is 3.70. The minimum Gasteiger partial charge on any atom is -0.343 e. The van der Waals surface area contributed by atoms with E-state index in [4.69, 9.17) is 0 Å². The first-order chi connectivity index (χ1) is 13.1. The van der Waals surface area contributed by atoms with Crippen molar-refractivity contribution in [3.8, 4) is 0 Å². The molecule has 3 rings (SSSR count). The molecular weight excluding hydrogens is 344 g/mol. The maximum atomic E-state index is 12.6. The molecular formula is C20H28N4O3. The van der Waals surface area contributed by atoms with Crippen LogP contribution in [0.3, 0.4) is 0 Å². The summed E-state index contributed by atoms with van der Waals surface area (Å²) in [7, 11) is 0. The van der Waals surface area contributed by atoms with Gasteiger partial charge in [0.05, 0.1) is 11.4 Å². The number of rotatable bonds is 6. The van der Waals surface area contributed by atoms with Gasteiger partial charge in [0.2, 0.25) is 17.7 Å². The summed E-state index contributed by atoms with van der Waals surface area (Å²) in [6.45, 7) is 5.60. The first kappa shape index (κ1) is 19.4. The number of carbonyl (C=O) groups is 3. The summed E-state index contributed by atoms with van der Waals surface area (Å²) in [5.74, 6) is 0.253. The van der Waals surface area contributed by atoms with Crippen LogP contribution in [0.25, 0.3) is 0 Å². The average molecular weight is 372 g/mol. The molecule has 7 nitrogen and oxygen atoms in total. The standard InChI is InChI=1S/C20H28N4O3/c1-2-21-13-15-9-11-23(12-10-15)19(26)7-8-20(27)24-14-18(25)22-16-5-3-4-6-17(16)24/h3-6,15,21H,2,7-14H2,1H3,(H,22,25). The minimum atomic E-state index is -0.212. The molecule has 2 N–H and O–H groups in total. The molecule has 0 radical (unpaired) electrons. The van der Waals surface area contributed by atoms with E-state index >= 15 is 0 Å². The van der Waals surface area contributed by atoms with E-state index in [1.165, 1.54) is 4.90 Å². The number of benzene rings is 1. The normalized spacial score (nSPS) is 17.4. The number of likely N-dealkylation sites (tertiary alicyclic amines) is 1. The van der Waals surface area contributed by atoms with Crippen molar-refractivity contribution in [3.63, 3.8) is 0 Å². The van der Waals surface area contributed by atoms with Crippen molar-refractivity contribution in [1.82, 2.24) is 10.2 Å². The highest BCUT2D eigenvalue weighted by Gasteiger charge is 2.28. The number of nitrogens with zero attached hydrogens (tertiary/aromatic N) is 2. The second kappa shape index (κ2) is 8.99. The first-order valence-electron chi connectivity index (χ1n) is 9.76. The zero-order chi connectivity index (χ0) is 19.2. The van der Waals surface area contributed by atoms with Crippen LogP contribution < -0.4 is 15.5 Å². The van der Waals surface area contributed by atoms with E-state index < -0.39 is 0 Å². The molecule has 0 aliphatic carbocycles. The molecule has 27 heavy (non-hydrogen) atoms. The quantitative estimate of drug-likeness (QED) is 0.795. The Morgan fingerprint density at radius 1 is 1.15 bits per heavy atom. The van der Waals surface area contributed by atoms with E-state index in [0.717, 1.165) is 39.0 Å². The summed E-state index contributed by atoms with van der Waals surface area (Å²) in [4.78, 5) is 40.3. The van der Waals surface area contributed by atoms with Crippen LogP contribution in [-0.2, 0) is 14.4 Å². The molecule has 1 aromatic carbocycles. The van der Waals surface area contributed by atoms with Crippen LogP contribution in [0.4, 0.5) is 11.4 Å². The van der Waals surface area contributed by atoms with Crippen LogP contribution in [0, 0.1) is 5.92 Å². The number of hydrogen-bond donors (Lipinski definition) is 2. The van der Waals surface area contributed by atoms with E-state index in [0.29, 0.717) is 17.3 Å². The molecule has 146 valence electrons. The number of hydrogen-bond acceptors (Lipinski definition) is 4. The van der Waals surface area contributed by atoms with Gasteiger partial charge in [-0.15, -0.1) is 0 Å². The largest absolute Gasteiger partial charge is 0.343 e.